The number of ether oxygens (including phenoxy) is 2. The van der Waals surface area contributed by atoms with Crippen molar-refractivity contribution in [2.24, 2.45) is 11.1 Å². The van der Waals surface area contributed by atoms with Gasteiger partial charge in [-0.1, -0.05) is 0 Å². The van der Waals surface area contributed by atoms with Gasteiger partial charge in [0.1, 0.15) is 4.60 Å². The Hall–Kier alpha value is -1.25. The maximum Gasteiger partial charge on any atom is 0.360 e. The molecule has 0 aliphatic carbocycles. The van der Waals surface area contributed by atoms with Crippen molar-refractivity contribution in [2.75, 3.05) is 37.8 Å². The second-order valence-electron chi connectivity index (χ2n) is 6.46. The van der Waals surface area contributed by atoms with Crippen molar-refractivity contribution >= 4 is 27.7 Å². The number of nitrogens with zero attached hydrogens (tertiary/aromatic N) is 3. The monoisotopic (exact) mass is 398 g/mol. The lowest BCUT2D eigenvalue weighted by Gasteiger charge is -2.41. The Morgan fingerprint density at radius 2 is 2.17 bits per heavy atom. The highest BCUT2D eigenvalue weighted by atomic mass is 79.9. The number of hydrogen-bond donors (Lipinski definition) is 1. The molecule has 0 radical (unpaired) electrons. The minimum absolute atomic E-state index is 0.0540. The first kappa shape index (κ1) is 17.6. The molecular formula is C16H23BrN4O3. The zero-order chi connectivity index (χ0) is 17.3. The number of piperidine rings is 1. The molecule has 2 saturated heterocycles. The summed E-state index contributed by atoms with van der Waals surface area (Å²) in [5, 5.41) is 0. The smallest absolute Gasteiger partial charge is 0.360 e. The molecule has 1 unspecified atom stereocenters. The number of carbonyl (C=O) groups is 1. The number of anilines is 1. The SMILES string of the molecule is CCOC(=O)c1nc(Br)c(C)nc1N1CCC2(CC1)COCC2N. The van der Waals surface area contributed by atoms with Gasteiger partial charge < -0.3 is 20.1 Å². The number of rotatable bonds is 3. The largest absolute Gasteiger partial charge is 0.461 e. The van der Waals surface area contributed by atoms with E-state index in [1.54, 1.807) is 6.92 Å². The number of carbonyl (C=O) groups excluding carboxylic acids is 1. The Morgan fingerprint density at radius 1 is 1.46 bits per heavy atom. The van der Waals surface area contributed by atoms with Gasteiger partial charge in [0.2, 0.25) is 0 Å². The van der Waals surface area contributed by atoms with Crippen LogP contribution in [0.15, 0.2) is 4.60 Å². The first-order chi connectivity index (χ1) is 11.5. The highest BCUT2D eigenvalue weighted by molar-refractivity contribution is 9.10. The molecule has 2 aliphatic heterocycles. The van der Waals surface area contributed by atoms with E-state index in [-0.39, 0.29) is 17.2 Å². The highest BCUT2D eigenvalue weighted by Crippen LogP contribution is 2.39. The summed E-state index contributed by atoms with van der Waals surface area (Å²) in [6.07, 6.45) is 1.85. The van der Waals surface area contributed by atoms with Crippen LogP contribution in [0.4, 0.5) is 5.82 Å². The van der Waals surface area contributed by atoms with Crippen molar-refractivity contribution < 1.29 is 14.3 Å². The van der Waals surface area contributed by atoms with Crippen LogP contribution in [0, 0.1) is 12.3 Å². The van der Waals surface area contributed by atoms with E-state index in [2.05, 4.69) is 30.8 Å². The zero-order valence-electron chi connectivity index (χ0n) is 14.0. The number of esters is 1. The molecule has 1 spiro atoms. The summed E-state index contributed by atoms with van der Waals surface area (Å²) < 4.78 is 11.3. The van der Waals surface area contributed by atoms with E-state index in [4.69, 9.17) is 15.2 Å². The van der Waals surface area contributed by atoms with Gasteiger partial charge in [0, 0.05) is 24.5 Å². The van der Waals surface area contributed by atoms with Crippen molar-refractivity contribution in [1.29, 1.82) is 0 Å². The van der Waals surface area contributed by atoms with E-state index < -0.39 is 5.97 Å². The van der Waals surface area contributed by atoms with Crippen molar-refractivity contribution in [3.8, 4) is 0 Å². The molecule has 3 rings (SSSR count). The maximum absolute atomic E-state index is 12.3. The van der Waals surface area contributed by atoms with E-state index in [9.17, 15) is 4.79 Å². The molecule has 1 aromatic rings. The van der Waals surface area contributed by atoms with Crippen molar-refractivity contribution in [3.63, 3.8) is 0 Å². The first-order valence-electron chi connectivity index (χ1n) is 8.26. The van der Waals surface area contributed by atoms with Gasteiger partial charge in [-0.3, -0.25) is 0 Å². The number of aromatic nitrogens is 2. The topological polar surface area (TPSA) is 90.6 Å². The van der Waals surface area contributed by atoms with Crippen LogP contribution >= 0.6 is 15.9 Å². The average molecular weight is 399 g/mol. The van der Waals surface area contributed by atoms with Crippen LogP contribution in [-0.2, 0) is 9.47 Å². The summed E-state index contributed by atoms with van der Waals surface area (Å²) in [5.41, 5.74) is 7.30. The van der Waals surface area contributed by atoms with E-state index in [1.807, 2.05) is 6.92 Å². The predicted molar refractivity (Wildman–Crippen MR) is 93.1 cm³/mol. The third kappa shape index (κ3) is 3.14. The van der Waals surface area contributed by atoms with Gasteiger partial charge >= 0.3 is 5.97 Å². The van der Waals surface area contributed by atoms with Crippen LogP contribution in [0.25, 0.3) is 0 Å². The zero-order valence-corrected chi connectivity index (χ0v) is 15.6. The number of nitrogens with two attached hydrogens (primary N) is 1. The Morgan fingerprint density at radius 3 is 2.75 bits per heavy atom. The summed E-state index contributed by atoms with van der Waals surface area (Å²) in [5.74, 6) is 0.151. The molecule has 0 amide bonds. The van der Waals surface area contributed by atoms with Crippen LogP contribution in [0.3, 0.4) is 0 Å². The minimum Gasteiger partial charge on any atom is -0.461 e. The molecule has 3 heterocycles. The molecule has 2 N–H and O–H groups in total. The van der Waals surface area contributed by atoms with Crippen LogP contribution < -0.4 is 10.6 Å². The van der Waals surface area contributed by atoms with Crippen LogP contribution in [0.2, 0.25) is 0 Å². The fourth-order valence-corrected chi connectivity index (χ4v) is 3.66. The van der Waals surface area contributed by atoms with Crippen LogP contribution in [0.1, 0.15) is 35.9 Å². The second-order valence-corrected chi connectivity index (χ2v) is 7.21. The van der Waals surface area contributed by atoms with Gasteiger partial charge in [-0.15, -0.1) is 0 Å². The first-order valence-corrected chi connectivity index (χ1v) is 9.05. The van der Waals surface area contributed by atoms with Gasteiger partial charge in [0.25, 0.3) is 0 Å². The van der Waals surface area contributed by atoms with Gasteiger partial charge in [-0.2, -0.15) is 0 Å². The Bertz CT molecular complexity index is 632. The quantitative estimate of drug-likeness (QED) is 0.774. The molecule has 2 fully saturated rings. The molecule has 1 aromatic heterocycles. The Balaban J connectivity index is 1.84. The van der Waals surface area contributed by atoms with Crippen molar-refractivity contribution in [1.82, 2.24) is 9.97 Å². The maximum atomic E-state index is 12.3. The molecule has 0 bridgehead atoms. The number of aryl methyl sites for hydroxylation is 1. The van der Waals surface area contributed by atoms with Gasteiger partial charge in [0.05, 0.1) is 25.5 Å². The highest BCUT2D eigenvalue weighted by Gasteiger charge is 2.44. The Labute approximate surface area is 150 Å². The van der Waals surface area contributed by atoms with Gasteiger partial charge in [-0.05, 0) is 42.6 Å². The number of halogens is 1. The van der Waals surface area contributed by atoms with Crippen LogP contribution in [-0.4, -0.2) is 54.9 Å². The van der Waals surface area contributed by atoms with E-state index in [0.717, 1.165) is 38.2 Å². The van der Waals surface area contributed by atoms with Crippen LogP contribution in [0.5, 0.6) is 0 Å². The summed E-state index contributed by atoms with van der Waals surface area (Å²) >= 11 is 3.35. The molecule has 2 aliphatic rings. The van der Waals surface area contributed by atoms with Gasteiger partial charge in [-0.25, -0.2) is 14.8 Å². The lowest BCUT2D eigenvalue weighted by molar-refractivity contribution is 0.0519. The van der Waals surface area contributed by atoms with E-state index in [1.165, 1.54) is 0 Å². The third-order valence-electron chi connectivity index (χ3n) is 4.99. The molecular weight excluding hydrogens is 376 g/mol. The molecule has 1 atom stereocenters. The molecule has 0 aromatic carbocycles. The lowest BCUT2D eigenvalue weighted by atomic mass is 9.75. The second kappa shape index (κ2) is 6.93. The lowest BCUT2D eigenvalue weighted by Crippen LogP contribution is -2.49. The third-order valence-corrected chi connectivity index (χ3v) is 5.75. The fraction of sp³-hybridized carbons (Fsp3) is 0.688. The standard InChI is InChI=1S/C16H23BrN4O3/c1-3-24-15(22)12-14(19-10(2)13(17)20-12)21-6-4-16(5-7-21)9-23-8-11(16)18/h11H,3-9,18H2,1-2H3. The summed E-state index contributed by atoms with van der Waals surface area (Å²) in [6.45, 7) is 6.85. The summed E-state index contributed by atoms with van der Waals surface area (Å²) in [7, 11) is 0. The normalized spacial score (nSPS) is 22.8. The van der Waals surface area contributed by atoms with Crippen molar-refractivity contribution in [2.45, 2.75) is 32.7 Å². The van der Waals surface area contributed by atoms with E-state index in [0.29, 0.717) is 23.6 Å². The van der Waals surface area contributed by atoms with E-state index >= 15 is 0 Å². The average Bonchev–Trinajstić information content (AvgIpc) is 2.91. The summed E-state index contributed by atoms with van der Waals surface area (Å²) in [6, 6.07) is 0.0851. The fourth-order valence-electron chi connectivity index (χ4n) is 3.40. The molecule has 8 heteroatoms. The molecule has 7 nitrogen and oxygen atoms in total. The Kier molecular flexibility index (Phi) is 5.08. The molecule has 132 valence electrons. The number of hydrogen-bond acceptors (Lipinski definition) is 7. The minimum atomic E-state index is -0.443. The summed E-state index contributed by atoms with van der Waals surface area (Å²) in [4.78, 5) is 23.3. The molecule has 0 saturated carbocycles. The molecule has 24 heavy (non-hydrogen) atoms. The predicted octanol–water partition coefficient (Wildman–Crippen LogP) is 1.67. The van der Waals surface area contributed by atoms with Crippen molar-refractivity contribution in [3.05, 3.63) is 16.0 Å². The van der Waals surface area contributed by atoms with Gasteiger partial charge in [0.15, 0.2) is 11.5 Å².